The van der Waals surface area contributed by atoms with E-state index in [4.69, 9.17) is 14.2 Å². The molecular formula is C27H21FN2O6S. The second-order valence-electron chi connectivity index (χ2n) is 8.12. The first-order valence-electron chi connectivity index (χ1n) is 11.1. The van der Waals surface area contributed by atoms with E-state index in [2.05, 4.69) is 4.98 Å². The van der Waals surface area contributed by atoms with Crippen LogP contribution in [0.25, 0.3) is 16.0 Å². The van der Waals surface area contributed by atoms with E-state index in [1.807, 2.05) is 0 Å². The predicted octanol–water partition coefficient (Wildman–Crippen LogP) is 5.09. The van der Waals surface area contributed by atoms with Crippen molar-refractivity contribution in [3.63, 3.8) is 0 Å². The van der Waals surface area contributed by atoms with Gasteiger partial charge in [-0.2, -0.15) is 0 Å². The molecule has 4 aromatic rings. The van der Waals surface area contributed by atoms with E-state index >= 15 is 0 Å². The van der Waals surface area contributed by atoms with Crippen LogP contribution in [0.3, 0.4) is 0 Å². The van der Waals surface area contributed by atoms with Crippen molar-refractivity contribution in [3.05, 3.63) is 83.2 Å². The number of aromatic nitrogens is 1. The number of Topliss-reactive ketones (excluding diaryl/α,β-unsaturated/α-hetero) is 1. The normalized spacial score (nSPS) is 16.9. The fraction of sp³-hybridized carbons (Fsp3) is 0.148. The number of hydrogen-bond donors (Lipinski definition) is 1. The number of ketones is 1. The van der Waals surface area contributed by atoms with Gasteiger partial charge < -0.3 is 19.3 Å². The number of aliphatic hydroxyl groups is 1. The minimum atomic E-state index is -1.01. The average molecular weight is 521 g/mol. The van der Waals surface area contributed by atoms with Gasteiger partial charge in [0.25, 0.3) is 5.78 Å². The fourth-order valence-electron chi connectivity index (χ4n) is 4.26. The Morgan fingerprint density at radius 1 is 0.946 bits per heavy atom. The van der Waals surface area contributed by atoms with Crippen molar-refractivity contribution in [2.45, 2.75) is 6.04 Å². The van der Waals surface area contributed by atoms with Crippen molar-refractivity contribution >= 4 is 44.1 Å². The highest BCUT2D eigenvalue weighted by Crippen LogP contribution is 2.45. The molecule has 37 heavy (non-hydrogen) atoms. The van der Waals surface area contributed by atoms with E-state index in [1.54, 1.807) is 42.5 Å². The van der Waals surface area contributed by atoms with Crippen LogP contribution >= 0.6 is 11.3 Å². The molecule has 2 heterocycles. The summed E-state index contributed by atoms with van der Waals surface area (Å²) in [6.45, 7) is 0. The maximum atomic E-state index is 13.8. The molecule has 0 saturated carbocycles. The molecule has 1 unspecified atom stereocenters. The number of aliphatic hydroxyl groups excluding tert-OH is 1. The lowest BCUT2D eigenvalue weighted by molar-refractivity contribution is -0.132. The van der Waals surface area contributed by atoms with Gasteiger partial charge in [0.15, 0.2) is 5.13 Å². The largest absolute Gasteiger partial charge is 0.507 e. The van der Waals surface area contributed by atoms with E-state index in [9.17, 15) is 19.1 Å². The zero-order chi connectivity index (χ0) is 26.3. The summed E-state index contributed by atoms with van der Waals surface area (Å²) >= 11 is 1.07. The third kappa shape index (κ3) is 4.15. The highest BCUT2D eigenvalue weighted by Gasteiger charge is 2.48. The number of hydrogen-bond acceptors (Lipinski definition) is 8. The van der Waals surface area contributed by atoms with Crippen LogP contribution in [0.2, 0.25) is 0 Å². The molecule has 1 saturated heterocycles. The van der Waals surface area contributed by atoms with Crippen LogP contribution in [0, 0.1) is 5.82 Å². The SMILES string of the molecule is COc1ccc(C2/C(=C(\O)c3ccc(OC)cc3OC)C(=O)C(=O)N2c2nc3ccc(F)cc3s2)cc1. The van der Waals surface area contributed by atoms with Crippen molar-refractivity contribution in [2.24, 2.45) is 0 Å². The number of carbonyl (C=O) groups excluding carboxylic acids is 2. The number of methoxy groups -OCH3 is 3. The van der Waals surface area contributed by atoms with Crippen LogP contribution in [0.4, 0.5) is 9.52 Å². The van der Waals surface area contributed by atoms with Gasteiger partial charge in [-0.15, -0.1) is 0 Å². The first kappa shape index (κ1) is 24.3. The maximum absolute atomic E-state index is 13.8. The molecule has 0 radical (unpaired) electrons. The second-order valence-corrected chi connectivity index (χ2v) is 9.13. The molecule has 10 heteroatoms. The summed E-state index contributed by atoms with van der Waals surface area (Å²) in [5.74, 6) is -1.28. The smallest absolute Gasteiger partial charge is 0.301 e. The molecule has 188 valence electrons. The van der Waals surface area contributed by atoms with Crippen molar-refractivity contribution in [3.8, 4) is 17.2 Å². The number of rotatable bonds is 6. The van der Waals surface area contributed by atoms with Gasteiger partial charge in [-0.3, -0.25) is 14.5 Å². The first-order valence-corrected chi connectivity index (χ1v) is 11.9. The molecule has 8 nitrogen and oxygen atoms in total. The number of fused-ring (bicyclic) bond motifs is 1. The van der Waals surface area contributed by atoms with Crippen molar-refractivity contribution in [2.75, 3.05) is 26.2 Å². The zero-order valence-corrected chi connectivity index (χ0v) is 20.8. The van der Waals surface area contributed by atoms with Crippen molar-refractivity contribution in [1.82, 2.24) is 4.98 Å². The molecular weight excluding hydrogens is 499 g/mol. The summed E-state index contributed by atoms with van der Waals surface area (Å²) in [4.78, 5) is 32.5. The Kier molecular flexibility index (Phi) is 6.26. The quantitative estimate of drug-likeness (QED) is 0.215. The molecule has 5 rings (SSSR count). The van der Waals surface area contributed by atoms with E-state index in [0.29, 0.717) is 27.3 Å². The summed E-state index contributed by atoms with van der Waals surface area (Å²) in [6.07, 6.45) is 0. The Bertz CT molecular complexity index is 1560. The van der Waals surface area contributed by atoms with Crippen LogP contribution in [-0.4, -0.2) is 43.1 Å². The summed E-state index contributed by atoms with van der Waals surface area (Å²) in [5.41, 5.74) is 1.10. The Labute approximate surface area is 215 Å². The zero-order valence-electron chi connectivity index (χ0n) is 20.0. The van der Waals surface area contributed by atoms with E-state index in [-0.39, 0.29) is 22.0 Å². The molecule has 1 aliphatic heterocycles. The number of carbonyl (C=O) groups is 2. The predicted molar refractivity (Wildman–Crippen MR) is 137 cm³/mol. The van der Waals surface area contributed by atoms with Gasteiger partial charge >= 0.3 is 5.91 Å². The number of benzene rings is 3. The average Bonchev–Trinajstić information content (AvgIpc) is 3.45. The van der Waals surface area contributed by atoms with E-state index in [0.717, 1.165) is 11.3 Å². The van der Waals surface area contributed by atoms with Crippen LogP contribution in [0.1, 0.15) is 17.2 Å². The minimum Gasteiger partial charge on any atom is -0.507 e. The second kappa shape index (κ2) is 9.55. The highest BCUT2D eigenvalue weighted by atomic mass is 32.1. The van der Waals surface area contributed by atoms with Gasteiger partial charge in [0.1, 0.15) is 28.8 Å². The van der Waals surface area contributed by atoms with Gasteiger partial charge in [-0.25, -0.2) is 9.37 Å². The Balaban J connectivity index is 1.73. The van der Waals surface area contributed by atoms with Crippen LogP contribution in [0.15, 0.2) is 66.2 Å². The molecule has 1 aliphatic rings. The third-order valence-corrected chi connectivity index (χ3v) is 7.10. The van der Waals surface area contributed by atoms with Gasteiger partial charge in [-0.1, -0.05) is 23.5 Å². The third-order valence-electron chi connectivity index (χ3n) is 6.09. The molecule has 0 aliphatic carbocycles. The Morgan fingerprint density at radius 3 is 2.32 bits per heavy atom. The maximum Gasteiger partial charge on any atom is 0.301 e. The number of thiazole rings is 1. The first-order chi connectivity index (χ1) is 17.9. The summed E-state index contributed by atoms with van der Waals surface area (Å²) in [5, 5.41) is 11.6. The van der Waals surface area contributed by atoms with Gasteiger partial charge in [0, 0.05) is 6.07 Å². The molecule has 1 amide bonds. The number of anilines is 1. The monoisotopic (exact) mass is 520 g/mol. The molecule has 3 aromatic carbocycles. The molecule has 1 atom stereocenters. The van der Waals surface area contributed by atoms with E-state index < -0.39 is 29.3 Å². The fourth-order valence-corrected chi connectivity index (χ4v) is 5.28. The lowest BCUT2D eigenvalue weighted by atomic mass is 9.95. The van der Waals surface area contributed by atoms with Crippen LogP contribution in [-0.2, 0) is 9.59 Å². The van der Waals surface area contributed by atoms with Gasteiger partial charge in [0.2, 0.25) is 0 Å². The number of nitrogens with zero attached hydrogens (tertiary/aromatic N) is 2. The number of amides is 1. The lowest BCUT2D eigenvalue weighted by Crippen LogP contribution is -2.29. The highest BCUT2D eigenvalue weighted by molar-refractivity contribution is 7.22. The van der Waals surface area contributed by atoms with Gasteiger partial charge in [-0.05, 0) is 48.0 Å². The number of halogens is 1. The topological polar surface area (TPSA) is 98.2 Å². The minimum absolute atomic E-state index is 0.135. The molecule has 1 fully saturated rings. The van der Waals surface area contributed by atoms with Crippen LogP contribution < -0.4 is 19.1 Å². The summed E-state index contributed by atoms with van der Waals surface area (Å²) in [6, 6.07) is 14.6. The molecule has 0 spiro atoms. The van der Waals surface area contributed by atoms with E-state index in [1.165, 1.54) is 44.4 Å². The Hall–Kier alpha value is -4.44. The summed E-state index contributed by atoms with van der Waals surface area (Å²) < 4.78 is 30.2. The molecule has 0 bridgehead atoms. The summed E-state index contributed by atoms with van der Waals surface area (Å²) in [7, 11) is 4.44. The van der Waals surface area contributed by atoms with Crippen LogP contribution in [0.5, 0.6) is 17.2 Å². The lowest BCUT2D eigenvalue weighted by Gasteiger charge is -2.23. The molecule has 1 aromatic heterocycles. The number of ether oxygens (including phenoxy) is 3. The molecule has 1 N–H and O–H groups in total. The van der Waals surface area contributed by atoms with Crippen molar-refractivity contribution < 1.29 is 33.3 Å². The van der Waals surface area contributed by atoms with Crippen molar-refractivity contribution in [1.29, 1.82) is 0 Å². The Morgan fingerprint density at radius 2 is 1.65 bits per heavy atom. The standard InChI is InChI=1S/C27H21FN2O6S/c1-34-16-7-4-14(5-8-16)23-22(24(31)18-10-9-17(35-2)13-20(18)36-3)25(32)26(33)30(23)27-29-19-11-6-15(28)12-21(19)37-27/h4-13,23,31H,1-3H3/b24-22+. The van der Waals surface area contributed by atoms with Gasteiger partial charge in [0.05, 0.1) is 48.7 Å².